The Bertz CT molecular complexity index is 1790. The topological polar surface area (TPSA) is 136 Å². The minimum Gasteiger partial charge on any atom is -0.494 e. The van der Waals surface area contributed by atoms with Crippen LogP contribution in [0.1, 0.15) is 36.0 Å². The molecule has 2 aliphatic carbocycles. The van der Waals surface area contributed by atoms with Gasteiger partial charge < -0.3 is 39.2 Å². The first-order valence-corrected chi connectivity index (χ1v) is 15.6. The molecule has 0 spiro atoms. The highest BCUT2D eigenvalue weighted by Gasteiger charge is 2.49. The number of benzene rings is 1. The van der Waals surface area contributed by atoms with E-state index in [1.807, 2.05) is 29.2 Å². The van der Waals surface area contributed by atoms with Crippen molar-refractivity contribution in [2.45, 2.75) is 50.9 Å². The molecule has 1 aromatic carbocycles. The molecule has 4 aliphatic rings. The average molecular weight is 600 g/mol. The molecule has 0 unspecified atom stereocenters. The summed E-state index contributed by atoms with van der Waals surface area (Å²) < 4.78 is 16.0. The molecule has 12 nitrogen and oxygen atoms in total. The normalized spacial score (nSPS) is 23.0. The van der Waals surface area contributed by atoms with Crippen molar-refractivity contribution in [2.75, 3.05) is 33.9 Å². The SMILES string of the molecule is COc1ccc2cc(-c3nc4cc(C(=O)N5C[C@H]6CC[C@@H]5[C@@H]6NC(=O)O)cc(OC)c4n3CC3CNC3)n(CC3CC3)c2n1. The van der Waals surface area contributed by atoms with E-state index in [2.05, 4.69) is 25.8 Å². The monoisotopic (exact) mass is 599 g/mol. The number of carbonyl (C=O) groups is 2. The molecule has 230 valence electrons. The number of piperidine rings is 1. The van der Waals surface area contributed by atoms with Crippen LogP contribution in [-0.2, 0) is 13.1 Å². The number of carboxylic acid groups (broad SMARTS) is 1. The van der Waals surface area contributed by atoms with Gasteiger partial charge in [-0.3, -0.25) is 4.79 Å². The summed E-state index contributed by atoms with van der Waals surface area (Å²) in [6.45, 7) is 4.04. The summed E-state index contributed by atoms with van der Waals surface area (Å²) in [7, 11) is 3.27. The Morgan fingerprint density at radius 2 is 1.82 bits per heavy atom. The molecule has 2 bridgehead atoms. The Balaban J connectivity index is 1.25. The minimum atomic E-state index is -1.04. The molecule has 4 fully saturated rings. The standard InChI is InChI=1S/C32H37N7O5/c1-43-25-11-21(31(40)38-16-20-5-7-23(38)27(20)36-32(41)42)9-22-28(25)39(15-18-12-33-13-18)30(34-22)24-10-19-6-8-26(44-2)35-29(19)37(24)14-17-3-4-17/h6,8-11,17-18,20,23,27,33,36H,3-5,7,12-16H2,1-2H3,(H,41,42)/t20-,23-,27-/m1/s1. The van der Waals surface area contributed by atoms with Gasteiger partial charge in [0.2, 0.25) is 5.88 Å². The number of hydrogen-bond acceptors (Lipinski definition) is 7. The molecule has 2 aliphatic heterocycles. The second-order valence-corrected chi connectivity index (χ2v) is 12.8. The molecule has 0 radical (unpaired) electrons. The molecular formula is C32H37N7O5. The molecule has 3 atom stereocenters. The third kappa shape index (κ3) is 4.45. The van der Waals surface area contributed by atoms with Crippen molar-refractivity contribution in [2.24, 2.45) is 17.8 Å². The van der Waals surface area contributed by atoms with Gasteiger partial charge in [0.05, 0.1) is 37.5 Å². The third-order valence-electron chi connectivity index (χ3n) is 10.0. The Labute approximate surface area is 254 Å². The van der Waals surface area contributed by atoms with Gasteiger partial charge in [-0.1, -0.05) is 0 Å². The van der Waals surface area contributed by atoms with Crippen LogP contribution in [0, 0.1) is 17.8 Å². The Morgan fingerprint density at radius 1 is 1.00 bits per heavy atom. The van der Waals surface area contributed by atoms with E-state index in [9.17, 15) is 14.7 Å². The minimum absolute atomic E-state index is 0.118. The maximum Gasteiger partial charge on any atom is 0.404 e. The van der Waals surface area contributed by atoms with Crippen molar-refractivity contribution in [3.63, 3.8) is 0 Å². The number of carbonyl (C=O) groups excluding carboxylic acids is 1. The predicted octanol–water partition coefficient (Wildman–Crippen LogP) is 3.57. The van der Waals surface area contributed by atoms with Crippen LogP contribution in [0.3, 0.4) is 0 Å². The zero-order valence-corrected chi connectivity index (χ0v) is 25.0. The van der Waals surface area contributed by atoms with Crippen LogP contribution in [0.15, 0.2) is 30.3 Å². The van der Waals surface area contributed by atoms with E-state index in [-0.39, 0.29) is 23.9 Å². The van der Waals surface area contributed by atoms with Gasteiger partial charge in [-0.25, -0.2) is 9.78 Å². The van der Waals surface area contributed by atoms with E-state index in [0.717, 1.165) is 67.1 Å². The lowest BCUT2D eigenvalue weighted by Gasteiger charge is -2.29. The maximum atomic E-state index is 14.0. The lowest BCUT2D eigenvalue weighted by atomic mass is 10.0. The van der Waals surface area contributed by atoms with E-state index in [4.69, 9.17) is 19.4 Å². The number of nitrogens with one attached hydrogen (secondary N) is 2. The van der Waals surface area contributed by atoms with E-state index >= 15 is 0 Å². The van der Waals surface area contributed by atoms with Gasteiger partial charge in [0.1, 0.15) is 16.9 Å². The van der Waals surface area contributed by atoms with Crippen molar-refractivity contribution in [1.29, 1.82) is 0 Å². The number of hydrogen-bond donors (Lipinski definition) is 3. The van der Waals surface area contributed by atoms with E-state index in [1.165, 1.54) is 12.8 Å². The van der Waals surface area contributed by atoms with Gasteiger partial charge in [-0.15, -0.1) is 0 Å². The number of rotatable bonds is 9. The summed E-state index contributed by atoms with van der Waals surface area (Å²) in [5.74, 6) is 3.09. The first-order valence-electron chi connectivity index (χ1n) is 15.6. The average Bonchev–Trinajstić information content (AvgIpc) is 3.32. The van der Waals surface area contributed by atoms with Crippen LogP contribution in [0.25, 0.3) is 33.6 Å². The summed E-state index contributed by atoms with van der Waals surface area (Å²) in [6, 6.07) is 9.42. The molecule has 8 rings (SSSR count). The zero-order valence-electron chi connectivity index (χ0n) is 25.0. The van der Waals surface area contributed by atoms with Crippen LogP contribution in [0.4, 0.5) is 4.79 Å². The van der Waals surface area contributed by atoms with E-state index in [0.29, 0.717) is 41.1 Å². The Hall–Kier alpha value is -4.32. The number of imidazole rings is 1. The van der Waals surface area contributed by atoms with Crippen molar-refractivity contribution in [3.05, 3.63) is 35.9 Å². The Morgan fingerprint density at radius 3 is 2.52 bits per heavy atom. The molecule has 3 aromatic heterocycles. The quantitative estimate of drug-likeness (QED) is 0.266. The maximum absolute atomic E-state index is 14.0. The number of pyridine rings is 1. The summed E-state index contributed by atoms with van der Waals surface area (Å²) >= 11 is 0. The largest absolute Gasteiger partial charge is 0.494 e. The molecule has 5 heterocycles. The predicted molar refractivity (Wildman–Crippen MR) is 163 cm³/mol. The number of nitrogens with zero attached hydrogens (tertiary/aromatic N) is 5. The third-order valence-corrected chi connectivity index (χ3v) is 10.0. The van der Waals surface area contributed by atoms with Crippen molar-refractivity contribution in [3.8, 4) is 23.1 Å². The summed E-state index contributed by atoms with van der Waals surface area (Å²) in [5, 5.41) is 16.4. The number of ether oxygens (including phenoxy) is 2. The lowest BCUT2D eigenvalue weighted by molar-refractivity contribution is 0.0697. The number of aromatic nitrogens is 4. The van der Waals surface area contributed by atoms with Gasteiger partial charge in [0.15, 0.2) is 5.82 Å². The van der Waals surface area contributed by atoms with Crippen molar-refractivity contribution >= 4 is 34.1 Å². The highest BCUT2D eigenvalue weighted by Crippen LogP contribution is 2.41. The van der Waals surface area contributed by atoms with Gasteiger partial charge >= 0.3 is 6.09 Å². The first-order chi connectivity index (χ1) is 21.4. The van der Waals surface area contributed by atoms with Crippen LogP contribution < -0.4 is 20.1 Å². The fourth-order valence-electron chi connectivity index (χ4n) is 7.53. The summed E-state index contributed by atoms with van der Waals surface area (Å²) in [6.07, 6.45) is 3.07. The molecule has 2 amide bonds. The molecule has 12 heteroatoms. The smallest absolute Gasteiger partial charge is 0.404 e. The molecule has 2 saturated carbocycles. The molecule has 4 aromatic rings. The molecule has 2 saturated heterocycles. The van der Waals surface area contributed by atoms with Crippen LogP contribution >= 0.6 is 0 Å². The van der Waals surface area contributed by atoms with Gasteiger partial charge in [-0.2, -0.15) is 4.98 Å². The second kappa shape index (κ2) is 10.4. The van der Waals surface area contributed by atoms with E-state index < -0.39 is 6.09 Å². The second-order valence-electron chi connectivity index (χ2n) is 12.8. The van der Waals surface area contributed by atoms with Crippen LogP contribution in [-0.4, -0.2) is 87.0 Å². The van der Waals surface area contributed by atoms with Crippen LogP contribution in [0.5, 0.6) is 11.6 Å². The number of amides is 2. The molecular weight excluding hydrogens is 562 g/mol. The number of methoxy groups -OCH3 is 2. The van der Waals surface area contributed by atoms with Gasteiger partial charge in [0.25, 0.3) is 5.91 Å². The highest BCUT2D eigenvalue weighted by atomic mass is 16.5. The fraction of sp³-hybridized carbons (Fsp3) is 0.500. The lowest BCUT2D eigenvalue weighted by Crippen LogP contribution is -2.45. The summed E-state index contributed by atoms with van der Waals surface area (Å²) in [4.78, 5) is 37.3. The van der Waals surface area contributed by atoms with Crippen molar-refractivity contribution in [1.82, 2.24) is 34.6 Å². The number of fused-ring (bicyclic) bond motifs is 4. The van der Waals surface area contributed by atoms with Gasteiger partial charge in [-0.05, 0) is 61.8 Å². The van der Waals surface area contributed by atoms with E-state index in [1.54, 1.807) is 14.2 Å². The fourth-order valence-corrected chi connectivity index (χ4v) is 7.53. The van der Waals surface area contributed by atoms with Gasteiger partial charge in [0, 0.05) is 55.7 Å². The summed E-state index contributed by atoms with van der Waals surface area (Å²) in [5.41, 5.74) is 3.95. The van der Waals surface area contributed by atoms with Crippen molar-refractivity contribution < 1.29 is 24.2 Å². The zero-order chi connectivity index (χ0) is 30.1. The van der Waals surface area contributed by atoms with Crippen LogP contribution in [0.2, 0.25) is 0 Å². The highest BCUT2D eigenvalue weighted by molar-refractivity contribution is 6.00. The molecule has 44 heavy (non-hydrogen) atoms. The first kappa shape index (κ1) is 27.2. The molecule has 3 N–H and O–H groups in total. The Kier molecular flexibility index (Phi) is 6.44. The number of likely N-dealkylation sites (tertiary alicyclic amines) is 1.